The van der Waals surface area contributed by atoms with E-state index in [1.807, 2.05) is 0 Å². The molecule has 2 fully saturated rings. The van der Waals surface area contributed by atoms with Crippen molar-refractivity contribution in [3.05, 3.63) is 0 Å². The molecule has 1 atom stereocenters. The fourth-order valence-electron chi connectivity index (χ4n) is 1.73. The lowest BCUT2D eigenvalue weighted by Crippen LogP contribution is -2.44. The van der Waals surface area contributed by atoms with Gasteiger partial charge in [0.25, 0.3) is 0 Å². The Bertz CT molecular complexity index is 204. The summed E-state index contributed by atoms with van der Waals surface area (Å²) >= 11 is 0. The molecule has 0 aromatic carbocycles. The maximum absolute atomic E-state index is 5.77. The van der Waals surface area contributed by atoms with E-state index in [0.717, 1.165) is 5.92 Å². The molecule has 74 valence electrons. The van der Waals surface area contributed by atoms with Gasteiger partial charge < -0.3 is 11.1 Å². The highest BCUT2D eigenvalue weighted by atomic mass is 15.1. The summed E-state index contributed by atoms with van der Waals surface area (Å²) in [5.41, 5.74) is 5.77. The van der Waals surface area contributed by atoms with Crippen molar-refractivity contribution in [2.45, 2.75) is 51.1 Å². The van der Waals surface area contributed by atoms with Crippen LogP contribution in [0, 0.1) is 5.92 Å². The van der Waals surface area contributed by atoms with E-state index in [-0.39, 0.29) is 0 Å². The molecule has 3 nitrogen and oxygen atoms in total. The quantitative estimate of drug-likeness (QED) is 0.508. The number of hydrogen-bond acceptors (Lipinski definition) is 1. The maximum Gasteiger partial charge on any atom is 0.189 e. The average molecular weight is 181 g/mol. The minimum absolute atomic E-state index is 0.510. The largest absolute Gasteiger partial charge is 0.370 e. The number of aliphatic imine (C=N–C) groups is 1. The second kappa shape index (κ2) is 3.56. The molecule has 2 aliphatic carbocycles. The molecule has 2 rings (SSSR count). The van der Waals surface area contributed by atoms with E-state index < -0.39 is 0 Å². The van der Waals surface area contributed by atoms with Crippen LogP contribution in [0.2, 0.25) is 0 Å². The first-order chi connectivity index (χ1) is 6.25. The third-order valence-electron chi connectivity index (χ3n) is 3.10. The van der Waals surface area contributed by atoms with Crippen LogP contribution >= 0.6 is 0 Å². The van der Waals surface area contributed by atoms with Gasteiger partial charge in [-0.2, -0.15) is 0 Å². The van der Waals surface area contributed by atoms with Crippen LogP contribution in [-0.2, 0) is 0 Å². The van der Waals surface area contributed by atoms with Gasteiger partial charge in [-0.05, 0) is 38.5 Å². The minimum atomic E-state index is 0.510. The molecule has 0 spiro atoms. The summed E-state index contributed by atoms with van der Waals surface area (Å²) < 4.78 is 0. The molecular weight excluding hydrogens is 162 g/mol. The van der Waals surface area contributed by atoms with E-state index in [1.165, 1.54) is 32.1 Å². The maximum atomic E-state index is 5.77. The number of nitrogens with zero attached hydrogens (tertiary/aromatic N) is 1. The van der Waals surface area contributed by atoms with E-state index in [9.17, 15) is 0 Å². The van der Waals surface area contributed by atoms with Gasteiger partial charge in [-0.3, -0.25) is 4.99 Å². The van der Waals surface area contributed by atoms with Gasteiger partial charge in [-0.25, -0.2) is 0 Å². The van der Waals surface area contributed by atoms with Gasteiger partial charge >= 0.3 is 0 Å². The van der Waals surface area contributed by atoms with Gasteiger partial charge in [0.2, 0.25) is 0 Å². The van der Waals surface area contributed by atoms with Crippen LogP contribution in [0.5, 0.6) is 0 Å². The predicted octanol–water partition coefficient (Wildman–Crippen LogP) is 1.24. The van der Waals surface area contributed by atoms with Crippen LogP contribution < -0.4 is 11.1 Å². The highest BCUT2D eigenvalue weighted by Crippen LogP contribution is 2.29. The van der Waals surface area contributed by atoms with Gasteiger partial charge in [0.15, 0.2) is 5.96 Å². The molecule has 1 unspecified atom stereocenters. The van der Waals surface area contributed by atoms with Gasteiger partial charge in [0.1, 0.15) is 0 Å². The van der Waals surface area contributed by atoms with Crippen molar-refractivity contribution in [3.63, 3.8) is 0 Å². The highest BCUT2D eigenvalue weighted by molar-refractivity contribution is 5.78. The summed E-state index contributed by atoms with van der Waals surface area (Å²) in [7, 11) is 0. The molecule has 13 heavy (non-hydrogen) atoms. The Kier molecular flexibility index (Phi) is 2.42. The fraction of sp³-hybridized carbons (Fsp3) is 0.900. The summed E-state index contributed by atoms with van der Waals surface area (Å²) in [6.07, 6.45) is 6.53. The molecule has 0 aromatic heterocycles. The van der Waals surface area contributed by atoms with Crippen molar-refractivity contribution < 1.29 is 0 Å². The van der Waals surface area contributed by atoms with Gasteiger partial charge in [-0.15, -0.1) is 0 Å². The molecule has 3 heteroatoms. The third kappa shape index (κ3) is 2.36. The Morgan fingerprint density at radius 3 is 2.54 bits per heavy atom. The molecule has 0 amide bonds. The Morgan fingerprint density at radius 2 is 2.08 bits per heavy atom. The average Bonchev–Trinajstić information content (AvgIpc) is 2.65. The standard InChI is InChI=1S/C10H19N3/c1-7(8-3-2-4-8)12-10(11)13-9-5-6-9/h7-9H,2-6H2,1H3,(H3,11,12,13). The van der Waals surface area contributed by atoms with Crippen LogP contribution in [0.25, 0.3) is 0 Å². The van der Waals surface area contributed by atoms with Crippen LogP contribution in [0.15, 0.2) is 4.99 Å². The van der Waals surface area contributed by atoms with E-state index in [1.54, 1.807) is 0 Å². The molecule has 0 radical (unpaired) electrons. The monoisotopic (exact) mass is 181 g/mol. The molecule has 2 aliphatic rings. The Balaban J connectivity index is 1.74. The number of hydrogen-bond donors (Lipinski definition) is 2. The third-order valence-corrected chi connectivity index (χ3v) is 3.10. The van der Waals surface area contributed by atoms with Crippen molar-refractivity contribution >= 4 is 5.96 Å². The second-order valence-corrected chi connectivity index (χ2v) is 4.37. The second-order valence-electron chi connectivity index (χ2n) is 4.37. The molecule has 0 aromatic rings. The zero-order chi connectivity index (χ0) is 9.26. The molecule has 0 saturated heterocycles. The molecule has 0 bridgehead atoms. The SMILES string of the molecule is CC(NC(N)=NC1CC1)C1CCC1. The van der Waals surface area contributed by atoms with E-state index in [0.29, 0.717) is 18.0 Å². The van der Waals surface area contributed by atoms with Gasteiger partial charge in [0.05, 0.1) is 6.04 Å². The smallest absolute Gasteiger partial charge is 0.189 e. The predicted molar refractivity (Wildman–Crippen MR) is 54.6 cm³/mol. The number of nitrogens with two attached hydrogens (primary N) is 1. The molecule has 3 N–H and O–H groups in total. The van der Waals surface area contributed by atoms with Crippen LogP contribution in [-0.4, -0.2) is 18.0 Å². The summed E-state index contributed by atoms with van der Waals surface area (Å²) in [5.74, 6) is 1.48. The first-order valence-corrected chi connectivity index (χ1v) is 5.35. The fourth-order valence-corrected chi connectivity index (χ4v) is 1.73. The zero-order valence-electron chi connectivity index (χ0n) is 8.29. The topological polar surface area (TPSA) is 50.4 Å². The van der Waals surface area contributed by atoms with Gasteiger partial charge in [0, 0.05) is 6.04 Å². The van der Waals surface area contributed by atoms with Crippen LogP contribution in [0.4, 0.5) is 0 Å². The highest BCUT2D eigenvalue weighted by Gasteiger charge is 2.25. The zero-order valence-corrected chi connectivity index (χ0v) is 8.29. The van der Waals surface area contributed by atoms with E-state index >= 15 is 0 Å². The van der Waals surface area contributed by atoms with E-state index in [4.69, 9.17) is 5.73 Å². The molecule has 2 saturated carbocycles. The normalized spacial score (nSPS) is 26.7. The summed E-state index contributed by atoms with van der Waals surface area (Å²) in [4.78, 5) is 4.35. The van der Waals surface area contributed by atoms with Crippen LogP contribution in [0.1, 0.15) is 39.0 Å². The summed E-state index contributed by atoms with van der Waals surface area (Å²) in [6, 6.07) is 1.04. The number of rotatable bonds is 3. The van der Waals surface area contributed by atoms with Crippen LogP contribution in [0.3, 0.4) is 0 Å². The first kappa shape index (κ1) is 8.85. The van der Waals surface area contributed by atoms with E-state index in [2.05, 4.69) is 17.2 Å². The summed E-state index contributed by atoms with van der Waals surface area (Å²) in [6.45, 7) is 2.21. The lowest BCUT2D eigenvalue weighted by molar-refractivity contribution is 0.258. The minimum Gasteiger partial charge on any atom is -0.370 e. The Hall–Kier alpha value is -0.730. The number of guanidine groups is 1. The van der Waals surface area contributed by atoms with Crippen molar-refractivity contribution in [1.82, 2.24) is 5.32 Å². The lowest BCUT2D eigenvalue weighted by Gasteiger charge is -2.32. The van der Waals surface area contributed by atoms with Crippen molar-refractivity contribution in [2.24, 2.45) is 16.6 Å². The molecule has 0 aliphatic heterocycles. The Morgan fingerprint density at radius 1 is 1.38 bits per heavy atom. The number of nitrogens with one attached hydrogen (secondary N) is 1. The Labute approximate surface area is 79.8 Å². The van der Waals surface area contributed by atoms with Crippen molar-refractivity contribution in [2.75, 3.05) is 0 Å². The van der Waals surface area contributed by atoms with Gasteiger partial charge in [-0.1, -0.05) is 6.42 Å². The van der Waals surface area contributed by atoms with Crippen molar-refractivity contribution in [1.29, 1.82) is 0 Å². The molecular formula is C10H19N3. The molecule has 0 heterocycles. The van der Waals surface area contributed by atoms with Crippen molar-refractivity contribution in [3.8, 4) is 0 Å². The summed E-state index contributed by atoms with van der Waals surface area (Å²) in [5, 5.41) is 3.28. The lowest BCUT2D eigenvalue weighted by atomic mass is 9.80. The first-order valence-electron chi connectivity index (χ1n) is 5.35.